The zero-order chi connectivity index (χ0) is 13.2. The highest BCUT2D eigenvalue weighted by Gasteiger charge is 2.37. The van der Waals surface area contributed by atoms with Crippen molar-refractivity contribution in [3.05, 3.63) is 28.7 Å². The maximum Gasteiger partial charge on any atom is 0.186 e. The van der Waals surface area contributed by atoms with Gasteiger partial charge in [-0.2, -0.15) is 0 Å². The highest BCUT2D eigenvalue weighted by atomic mass is 79.9. The van der Waals surface area contributed by atoms with Gasteiger partial charge in [0.05, 0.1) is 11.5 Å². The van der Waals surface area contributed by atoms with Crippen LogP contribution in [0.25, 0.3) is 0 Å². The summed E-state index contributed by atoms with van der Waals surface area (Å²) in [5.41, 5.74) is 0. The smallest absolute Gasteiger partial charge is 0.186 e. The molecule has 2 rings (SSSR count). The fraction of sp³-hybridized carbons (Fsp3) is 0.500. The molecule has 0 bridgehead atoms. The molecule has 100 valence electrons. The van der Waals surface area contributed by atoms with Gasteiger partial charge in [0.1, 0.15) is 5.25 Å². The first-order valence-electron chi connectivity index (χ1n) is 5.81. The number of sulfone groups is 1. The molecule has 1 aliphatic rings. The summed E-state index contributed by atoms with van der Waals surface area (Å²) in [7, 11) is -1.60. The van der Waals surface area contributed by atoms with Crippen molar-refractivity contribution in [2.24, 2.45) is 0 Å². The predicted octanol–water partition coefficient (Wildman–Crippen LogP) is 1.60. The van der Waals surface area contributed by atoms with Gasteiger partial charge in [-0.15, -0.1) is 0 Å². The lowest BCUT2D eigenvalue weighted by Gasteiger charge is -2.31. The Morgan fingerprint density at radius 2 is 2.11 bits per heavy atom. The lowest BCUT2D eigenvalue weighted by molar-refractivity contribution is 0.0825. The summed E-state index contributed by atoms with van der Waals surface area (Å²) in [6.07, 6.45) is 0.713. The van der Waals surface area contributed by atoms with Crippen molar-refractivity contribution in [1.29, 1.82) is 0 Å². The van der Waals surface area contributed by atoms with Crippen molar-refractivity contribution >= 4 is 25.8 Å². The second-order valence-corrected chi connectivity index (χ2v) is 7.26. The Hall–Kier alpha value is -0.430. The Morgan fingerprint density at radius 1 is 1.39 bits per heavy atom. The summed E-state index contributed by atoms with van der Waals surface area (Å²) in [5.74, 6) is 0. The van der Waals surface area contributed by atoms with E-state index in [2.05, 4.69) is 21.2 Å². The first-order valence-corrected chi connectivity index (χ1v) is 8.14. The lowest BCUT2D eigenvalue weighted by atomic mass is 10.1. The number of rotatable bonds is 3. The van der Waals surface area contributed by atoms with Crippen LogP contribution in [-0.2, 0) is 14.6 Å². The van der Waals surface area contributed by atoms with E-state index in [0.717, 1.165) is 0 Å². The van der Waals surface area contributed by atoms with Crippen LogP contribution in [0.4, 0.5) is 0 Å². The van der Waals surface area contributed by atoms with Gasteiger partial charge in [-0.25, -0.2) is 8.42 Å². The largest absolute Gasteiger partial charge is 0.380 e. The average molecular weight is 334 g/mol. The molecule has 6 heteroatoms. The van der Waals surface area contributed by atoms with Gasteiger partial charge >= 0.3 is 0 Å². The van der Waals surface area contributed by atoms with Gasteiger partial charge in [-0.1, -0.05) is 12.1 Å². The molecule has 0 aromatic heterocycles. The van der Waals surface area contributed by atoms with Crippen LogP contribution in [0.1, 0.15) is 6.42 Å². The lowest BCUT2D eigenvalue weighted by Crippen LogP contribution is -2.49. The summed E-state index contributed by atoms with van der Waals surface area (Å²) >= 11 is 3.30. The fourth-order valence-electron chi connectivity index (χ4n) is 2.19. The molecule has 1 saturated heterocycles. The van der Waals surface area contributed by atoms with Crippen LogP contribution in [0.5, 0.6) is 0 Å². The highest BCUT2D eigenvalue weighted by molar-refractivity contribution is 9.10. The minimum absolute atomic E-state index is 0.0594. The molecule has 1 N–H and O–H groups in total. The quantitative estimate of drug-likeness (QED) is 0.912. The van der Waals surface area contributed by atoms with Gasteiger partial charge in [-0.3, -0.25) is 0 Å². The van der Waals surface area contributed by atoms with Crippen LogP contribution in [-0.4, -0.2) is 40.0 Å². The summed E-state index contributed by atoms with van der Waals surface area (Å²) in [4.78, 5) is 0.334. The van der Waals surface area contributed by atoms with Crippen LogP contribution in [0.2, 0.25) is 0 Å². The molecular weight excluding hydrogens is 318 g/mol. The summed E-state index contributed by atoms with van der Waals surface area (Å²) < 4.78 is 31.2. The number of nitrogens with one attached hydrogen (secondary N) is 1. The van der Waals surface area contributed by atoms with E-state index in [1.54, 1.807) is 31.3 Å². The van der Waals surface area contributed by atoms with Gasteiger partial charge in [0.15, 0.2) is 9.84 Å². The van der Waals surface area contributed by atoms with Crippen LogP contribution >= 0.6 is 15.9 Å². The number of benzene rings is 1. The molecule has 2 atom stereocenters. The maximum atomic E-state index is 12.6. The fourth-order valence-corrected chi connectivity index (χ4v) is 5.06. The maximum absolute atomic E-state index is 12.6. The molecule has 0 aliphatic carbocycles. The van der Waals surface area contributed by atoms with E-state index in [4.69, 9.17) is 4.74 Å². The van der Waals surface area contributed by atoms with Crippen molar-refractivity contribution in [2.45, 2.75) is 22.6 Å². The molecule has 0 amide bonds. The number of ether oxygens (including phenoxy) is 1. The minimum Gasteiger partial charge on any atom is -0.380 e. The molecule has 0 saturated carbocycles. The van der Waals surface area contributed by atoms with Crippen LogP contribution in [0, 0.1) is 0 Å². The first kappa shape index (κ1) is 14.0. The third-order valence-corrected chi connectivity index (χ3v) is 6.40. The molecule has 1 aromatic rings. The molecule has 2 unspecified atom stereocenters. The molecule has 18 heavy (non-hydrogen) atoms. The second kappa shape index (κ2) is 5.69. The van der Waals surface area contributed by atoms with Crippen LogP contribution in [0.3, 0.4) is 0 Å². The van der Waals surface area contributed by atoms with Crippen molar-refractivity contribution in [1.82, 2.24) is 5.32 Å². The van der Waals surface area contributed by atoms with E-state index in [9.17, 15) is 8.42 Å². The van der Waals surface area contributed by atoms with Crippen molar-refractivity contribution < 1.29 is 13.2 Å². The molecule has 0 spiro atoms. The van der Waals surface area contributed by atoms with Crippen molar-refractivity contribution in [3.8, 4) is 0 Å². The van der Waals surface area contributed by atoms with Gasteiger partial charge in [0, 0.05) is 17.1 Å². The molecule has 1 aromatic carbocycles. The molecule has 0 radical (unpaired) electrons. The number of hydrogen-bond donors (Lipinski definition) is 1. The SMILES string of the molecule is CNC1CCOCC1S(=O)(=O)c1ccccc1Br. The van der Waals surface area contributed by atoms with E-state index < -0.39 is 15.1 Å². The van der Waals surface area contributed by atoms with Crippen LogP contribution < -0.4 is 5.32 Å². The predicted molar refractivity (Wildman–Crippen MR) is 73.4 cm³/mol. The Balaban J connectivity index is 2.39. The third kappa shape index (κ3) is 2.61. The van der Waals surface area contributed by atoms with E-state index in [-0.39, 0.29) is 12.6 Å². The Bertz CT molecular complexity index is 518. The Kier molecular flexibility index (Phi) is 4.42. The van der Waals surface area contributed by atoms with Gasteiger partial charge in [-0.05, 0) is 41.5 Å². The molecular formula is C12H16BrNO3S. The summed E-state index contributed by atoms with van der Waals surface area (Å²) in [6.45, 7) is 0.850. The molecule has 1 fully saturated rings. The second-order valence-electron chi connectivity index (χ2n) is 4.27. The topological polar surface area (TPSA) is 55.4 Å². The Labute approximate surface area is 116 Å². The van der Waals surface area contributed by atoms with Crippen molar-refractivity contribution in [2.75, 3.05) is 20.3 Å². The highest BCUT2D eigenvalue weighted by Crippen LogP contribution is 2.28. The normalized spacial score (nSPS) is 25.0. The van der Waals surface area contributed by atoms with E-state index in [1.165, 1.54) is 0 Å². The average Bonchev–Trinajstić information content (AvgIpc) is 2.39. The monoisotopic (exact) mass is 333 g/mol. The third-order valence-electron chi connectivity index (χ3n) is 3.22. The van der Waals surface area contributed by atoms with E-state index >= 15 is 0 Å². The van der Waals surface area contributed by atoms with Crippen LogP contribution in [0.15, 0.2) is 33.6 Å². The minimum atomic E-state index is -3.39. The zero-order valence-corrected chi connectivity index (χ0v) is 12.5. The number of hydrogen-bond acceptors (Lipinski definition) is 4. The van der Waals surface area contributed by atoms with Crippen molar-refractivity contribution in [3.63, 3.8) is 0 Å². The van der Waals surface area contributed by atoms with E-state index in [1.807, 2.05) is 0 Å². The zero-order valence-electron chi connectivity index (χ0n) is 10.1. The molecule has 4 nitrogen and oxygen atoms in total. The first-order chi connectivity index (χ1) is 8.57. The summed E-state index contributed by atoms with van der Waals surface area (Å²) in [5, 5.41) is 2.54. The standard InChI is InChI=1S/C12H16BrNO3S/c1-14-10-6-7-17-8-12(10)18(15,16)11-5-3-2-4-9(11)13/h2-5,10,12,14H,6-8H2,1H3. The Morgan fingerprint density at radius 3 is 2.78 bits per heavy atom. The van der Waals surface area contributed by atoms with Gasteiger partial charge in [0.2, 0.25) is 0 Å². The van der Waals surface area contributed by atoms with E-state index in [0.29, 0.717) is 22.4 Å². The molecule has 1 aliphatic heterocycles. The summed E-state index contributed by atoms with van der Waals surface area (Å²) in [6, 6.07) is 6.84. The molecule has 1 heterocycles. The van der Waals surface area contributed by atoms with Gasteiger partial charge < -0.3 is 10.1 Å². The number of halogens is 1. The van der Waals surface area contributed by atoms with Gasteiger partial charge in [0.25, 0.3) is 0 Å².